The minimum Gasteiger partial charge on any atom is -0.493 e. The van der Waals surface area contributed by atoms with E-state index in [2.05, 4.69) is 0 Å². The monoisotopic (exact) mass is 317 g/mol. The third-order valence-corrected chi connectivity index (χ3v) is 3.69. The molecule has 0 saturated carbocycles. The first-order valence-corrected chi connectivity index (χ1v) is 7.95. The van der Waals surface area contributed by atoms with Gasteiger partial charge < -0.3 is 9.30 Å². The van der Waals surface area contributed by atoms with Gasteiger partial charge in [-0.05, 0) is 61.5 Å². The molecule has 0 amide bonds. The lowest BCUT2D eigenvalue weighted by atomic mass is 10.1. The van der Waals surface area contributed by atoms with Crippen molar-refractivity contribution in [1.82, 2.24) is 4.57 Å². The van der Waals surface area contributed by atoms with Gasteiger partial charge in [-0.2, -0.15) is 0 Å². The number of para-hydroxylation sites is 1. The Labute approximate surface area is 141 Å². The Morgan fingerprint density at radius 2 is 1.71 bits per heavy atom. The summed E-state index contributed by atoms with van der Waals surface area (Å²) < 4.78 is 7.57. The van der Waals surface area contributed by atoms with Crippen LogP contribution in [-0.2, 0) is 0 Å². The van der Waals surface area contributed by atoms with Gasteiger partial charge in [0.25, 0.3) is 0 Å². The lowest BCUT2D eigenvalue weighted by Gasteiger charge is -2.06. The van der Waals surface area contributed by atoms with E-state index in [4.69, 9.17) is 4.74 Å². The van der Waals surface area contributed by atoms with Crippen molar-refractivity contribution in [2.75, 3.05) is 6.61 Å². The van der Waals surface area contributed by atoms with Crippen molar-refractivity contribution in [2.45, 2.75) is 6.92 Å². The molecule has 0 aliphatic carbocycles. The van der Waals surface area contributed by atoms with Crippen molar-refractivity contribution in [2.24, 2.45) is 0 Å². The van der Waals surface area contributed by atoms with E-state index in [1.54, 1.807) is 12.2 Å². The van der Waals surface area contributed by atoms with Crippen molar-refractivity contribution >= 4 is 11.9 Å². The molecular weight excluding hydrogens is 298 g/mol. The molecule has 0 saturated heterocycles. The number of rotatable bonds is 6. The predicted molar refractivity (Wildman–Crippen MR) is 96.7 cm³/mol. The largest absolute Gasteiger partial charge is 0.493 e. The molecule has 0 bridgehead atoms. The second-order valence-corrected chi connectivity index (χ2v) is 5.31. The van der Waals surface area contributed by atoms with Gasteiger partial charge >= 0.3 is 0 Å². The zero-order chi connectivity index (χ0) is 16.8. The third kappa shape index (κ3) is 3.63. The van der Waals surface area contributed by atoms with Crippen LogP contribution in [0, 0.1) is 0 Å². The van der Waals surface area contributed by atoms with Crippen molar-refractivity contribution in [3.05, 3.63) is 90.3 Å². The molecular formula is C21H19NO2. The number of aromatic nitrogens is 1. The standard InChI is InChI=1S/C21H19NO2/c1-2-24-21-8-4-3-7-18(21)11-14-20(23)17-9-12-19(13-10-17)22-15-5-6-16-22/h3-16H,2H2,1H3. The number of ketones is 1. The van der Waals surface area contributed by atoms with Crippen LogP contribution in [0.3, 0.4) is 0 Å². The Hall–Kier alpha value is -3.07. The van der Waals surface area contributed by atoms with E-state index in [0.29, 0.717) is 12.2 Å². The Balaban J connectivity index is 1.75. The summed E-state index contributed by atoms with van der Waals surface area (Å²) in [6.45, 7) is 2.54. The van der Waals surface area contributed by atoms with Crippen LogP contribution in [0.5, 0.6) is 5.75 Å². The maximum absolute atomic E-state index is 12.4. The molecule has 0 fully saturated rings. The number of carbonyl (C=O) groups is 1. The quantitative estimate of drug-likeness (QED) is 0.484. The summed E-state index contributed by atoms with van der Waals surface area (Å²) in [5, 5.41) is 0. The van der Waals surface area contributed by atoms with Crippen molar-refractivity contribution in [3.8, 4) is 11.4 Å². The normalized spacial score (nSPS) is 10.9. The van der Waals surface area contributed by atoms with Crippen LogP contribution >= 0.6 is 0 Å². The average molecular weight is 317 g/mol. The van der Waals surface area contributed by atoms with Crippen LogP contribution in [0.25, 0.3) is 11.8 Å². The molecule has 24 heavy (non-hydrogen) atoms. The average Bonchev–Trinajstić information content (AvgIpc) is 3.16. The lowest BCUT2D eigenvalue weighted by molar-refractivity contribution is 0.104. The van der Waals surface area contributed by atoms with Gasteiger partial charge in [0.05, 0.1) is 6.61 Å². The minimum absolute atomic E-state index is 0.0274. The Bertz CT molecular complexity index is 831. The number of allylic oxidation sites excluding steroid dienone is 1. The molecule has 1 heterocycles. The van der Waals surface area contributed by atoms with Crippen LogP contribution in [-0.4, -0.2) is 17.0 Å². The van der Waals surface area contributed by atoms with Crippen molar-refractivity contribution in [3.63, 3.8) is 0 Å². The summed E-state index contributed by atoms with van der Waals surface area (Å²) >= 11 is 0. The zero-order valence-corrected chi connectivity index (χ0v) is 13.6. The fraction of sp³-hybridized carbons (Fsp3) is 0.0952. The molecule has 0 spiro atoms. The highest BCUT2D eigenvalue weighted by Crippen LogP contribution is 2.20. The number of carbonyl (C=O) groups excluding carboxylic acids is 1. The highest BCUT2D eigenvalue weighted by Gasteiger charge is 2.04. The van der Waals surface area contributed by atoms with Gasteiger partial charge in [-0.1, -0.05) is 18.2 Å². The van der Waals surface area contributed by atoms with Crippen LogP contribution in [0.2, 0.25) is 0 Å². The predicted octanol–water partition coefficient (Wildman–Crippen LogP) is 4.77. The number of nitrogens with zero attached hydrogens (tertiary/aromatic N) is 1. The van der Waals surface area contributed by atoms with Crippen LogP contribution in [0.4, 0.5) is 0 Å². The van der Waals surface area contributed by atoms with Gasteiger partial charge in [0.1, 0.15) is 5.75 Å². The fourth-order valence-electron chi connectivity index (χ4n) is 2.47. The molecule has 3 rings (SSSR count). The van der Waals surface area contributed by atoms with Crippen molar-refractivity contribution in [1.29, 1.82) is 0 Å². The second kappa shape index (κ2) is 7.47. The van der Waals surface area contributed by atoms with E-state index in [1.807, 2.05) is 84.5 Å². The number of ether oxygens (including phenoxy) is 1. The Kier molecular flexibility index (Phi) is 4.92. The molecule has 0 aliphatic heterocycles. The van der Waals surface area contributed by atoms with Crippen molar-refractivity contribution < 1.29 is 9.53 Å². The van der Waals surface area contributed by atoms with Gasteiger partial charge in [-0.3, -0.25) is 4.79 Å². The van der Waals surface area contributed by atoms with Gasteiger partial charge in [-0.25, -0.2) is 0 Å². The highest BCUT2D eigenvalue weighted by atomic mass is 16.5. The first kappa shape index (κ1) is 15.8. The zero-order valence-electron chi connectivity index (χ0n) is 13.6. The second-order valence-electron chi connectivity index (χ2n) is 5.31. The lowest BCUT2D eigenvalue weighted by Crippen LogP contribution is -1.97. The summed E-state index contributed by atoms with van der Waals surface area (Å²) in [5.74, 6) is 0.757. The summed E-state index contributed by atoms with van der Waals surface area (Å²) in [6.07, 6.45) is 7.33. The first-order chi connectivity index (χ1) is 11.8. The van der Waals surface area contributed by atoms with Gasteiger partial charge in [0, 0.05) is 29.2 Å². The van der Waals surface area contributed by atoms with E-state index in [1.165, 1.54) is 0 Å². The smallest absolute Gasteiger partial charge is 0.185 e. The Morgan fingerprint density at radius 1 is 1.00 bits per heavy atom. The van der Waals surface area contributed by atoms with Crippen LogP contribution in [0.1, 0.15) is 22.8 Å². The van der Waals surface area contributed by atoms with Crippen LogP contribution < -0.4 is 4.74 Å². The summed E-state index contributed by atoms with van der Waals surface area (Å²) in [4.78, 5) is 12.4. The number of hydrogen-bond acceptors (Lipinski definition) is 2. The first-order valence-electron chi connectivity index (χ1n) is 7.95. The van der Waals surface area contributed by atoms with Gasteiger partial charge in [0.15, 0.2) is 5.78 Å². The topological polar surface area (TPSA) is 31.2 Å². The molecule has 1 aromatic heterocycles. The molecule has 2 aromatic carbocycles. The van der Waals surface area contributed by atoms with Crippen LogP contribution in [0.15, 0.2) is 79.1 Å². The highest BCUT2D eigenvalue weighted by molar-refractivity contribution is 6.07. The minimum atomic E-state index is -0.0274. The van der Waals surface area contributed by atoms with Gasteiger partial charge in [0.2, 0.25) is 0 Å². The van der Waals surface area contributed by atoms with Gasteiger partial charge in [-0.15, -0.1) is 0 Å². The molecule has 3 heteroatoms. The SMILES string of the molecule is CCOc1ccccc1C=CC(=O)c1ccc(-n2cccc2)cc1. The molecule has 0 unspecified atom stereocenters. The van der Waals surface area contributed by atoms with E-state index in [0.717, 1.165) is 17.0 Å². The number of benzene rings is 2. The summed E-state index contributed by atoms with van der Waals surface area (Å²) in [7, 11) is 0. The molecule has 3 aromatic rings. The molecule has 0 atom stereocenters. The Morgan fingerprint density at radius 3 is 2.42 bits per heavy atom. The maximum Gasteiger partial charge on any atom is 0.185 e. The molecule has 0 N–H and O–H groups in total. The molecule has 0 aliphatic rings. The third-order valence-electron chi connectivity index (χ3n) is 3.69. The summed E-state index contributed by atoms with van der Waals surface area (Å²) in [6, 6.07) is 19.2. The van der Waals surface area contributed by atoms with E-state index in [9.17, 15) is 4.79 Å². The summed E-state index contributed by atoms with van der Waals surface area (Å²) in [5.41, 5.74) is 2.59. The van der Waals surface area contributed by atoms with E-state index >= 15 is 0 Å². The van der Waals surface area contributed by atoms with E-state index in [-0.39, 0.29) is 5.78 Å². The van der Waals surface area contributed by atoms with E-state index < -0.39 is 0 Å². The molecule has 120 valence electrons. The molecule has 3 nitrogen and oxygen atoms in total. The molecule has 0 radical (unpaired) electrons. The number of hydrogen-bond donors (Lipinski definition) is 0. The fourth-order valence-corrected chi connectivity index (χ4v) is 2.47. The maximum atomic E-state index is 12.4.